The summed E-state index contributed by atoms with van der Waals surface area (Å²) in [6.07, 6.45) is 9.70. The number of nitrogens with zero attached hydrogens (tertiary/aromatic N) is 6. The molecule has 6 heterocycles. The molecule has 0 saturated carbocycles. The van der Waals surface area contributed by atoms with Gasteiger partial charge in [0.05, 0.1) is 35.5 Å². The van der Waals surface area contributed by atoms with E-state index < -0.39 is 30.1 Å². The molecular weight excluding hydrogens is 773 g/mol. The highest BCUT2D eigenvalue weighted by Gasteiger charge is 2.55. The molecule has 2 aromatic heterocycles. The van der Waals surface area contributed by atoms with Gasteiger partial charge in [0.1, 0.15) is 23.7 Å². The molecule has 0 spiro atoms. The number of phenolic OH excluding ortho intramolecular Hbond substituents is 2. The number of amides is 2. The quantitative estimate of drug-likeness (QED) is 0.140. The van der Waals surface area contributed by atoms with Gasteiger partial charge in [-0.05, 0) is 136 Å². The molecule has 2 N–H and O–H groups in total. The molecule has 0 radical (unpaired) electrons. The van der Waals surface area contributed by atoms with Crippen LogP contribution in [0.25, 0.3) is 21.8 Å². The predicted octanol–water partition coefficient (Wildman–Crippen LogP) is 8.38. The number of hydrogen-bond acceptors (Lipinski definition) is 9. The molecule has 6 aromatic rings. The number of carbonyl (C=O) groups excluding carboxylic acids is 1. The van der Waals surface area contributed by atoms with Crippen LogP contribution < -0.4 is 0 Å². The van der Waals surface area contributed by atoms with E-state index in [0.717, 1.165) is 95.8 Å². The maximum atomic E-state index is 15.8. The van der Waals surface area contributed by atoms with Crippen molar-refractivity contribution in [2.45, 2.75) is 121 Å². The fraction of sp³-hybridized carbons (Fsp3) is 0.438. The maximum Gasteiger partial charge on any atom is 0.321 e. The maximum absolute atomic E-state index is 15.8. The van der Waals surface area contributed by atoms with E-state index in [1.165, 1.54) is 0 Å². The number of fused-ring (bicyclic) bond motifs is 3. The molecule has 318 valence electrons. The highest BCUT2D eigenvalue weighted by molar-refractivity contribution is 5.81. The molecular formula is C48H54N6O7. The van der Waals surface area contributed by atoms with Crippen molar-refractivity contribution in [2.75, 3.05) is 13.2 Å². The first-order valence-electron chi connectivity index (χ1n) is 21.8. The van der Waals surface area contributed by atoms with E-state index in [4.69, 9.17) is 29.1 Å². The lowest BCUT2D eigenvalue weighted by Gasteiger charge is -2.37. The zero-order valence-corrected chi connectivity index (χ0v) is 34.8. The second-order valence-corrected chi connectivity index (χ2v) is 17.6. The Morgan fingerprint density at radius 3 is 1.44 bits per heavy atom. The topological polar surface area (TPSA) is 137 Å². The first-order valence-corrected chi connectivity index (χ1v) is 21.8. The monoisotopic (exact) mass is 826 g/mol. The Morgan fingerprint density at radius 2 is 1.03 bits per heavy atom. The number of phenols is 2. The van der Waals surface area contributed by atoms with E-state index in [1.807, 2.05) is 69.7 Å². The second kappa shape index (κ2) is 16.4. The van der Waals surface area contributed by atoms with E-state index in [0.29, 0.717) is 25.9 Å². The van der Waals surface area contributed by atoms with Crippen molar-refractivity contribution in [3.05, 3.63) is 120 Å². The lowest BCUT2D eigenvalue weighted by molar-refractivity contribution is -0.157. The Labute approximate surface area is 355 Å². The predicted molar refractivity (Wildman–Crippen MR) is 229 cm³/mol. The van der Waals surface area contributed by atoms with Gasteiger partial charge in [0, 0.05) is 37.1 Å². The van der Waals surface area contributed by atoms with Gasteiger partial charge < -0.3 is 39.0 Å². The summed E-state index contributed by atoms with van der Waals surface area (Å²) in [6.45, 7) is 5.96. The van der Waals surface area contributed by atoms with Crippen LogP contribution in [0.15, 0.2) is 97.3 Å². The van der Waals surface area contributed by atoms with E-state index in [1.54, 1.807) is 24.3 Å². The average molecular weight is 827 g/mol. The molecule has 4 fully saturated rings. The molecule has 4 aliphatic rings. The van der Waals surface area contributed by atoms with Crippen molar-refractivity contribution in [2.24, 2.45) is 0 Å². The largest absolute Gasteiger partial charge is 0.508 e. The van der Waals surface area contributed by atoms with Gasteiger partial charge >= 0.3 is 6.03 Å². The molecule has 4 aromatic carbocycles. The summed E-state index contributed by atoms with van der Waals surface area (Å²) in [7, 11) is 0. The van der Waals surface area contributed by atoms with Crippen LogP contribution in [0.3, 0.4) is 0 Å². The van der Waals surface area contributed by atoms with Gasteiger partial charge in [0.15, 0.2) is 18.2 Å². The smallest absolute Gasteiger partial charge is 0.321 e. The van der Waals surface area contributed by atoms with Crippen LogP contribution in [0.5, 0.6) is 11.5 Å². The molecule has 13 nitrogen and oxygen atoms in total. The minimum absolute atomic E-state index is 0.0907. The fourth-order valence-electron chi connectivity index (χ4n) is 9.87. The molecule has 6 atom stereocenters. The Hall–Kier alpha value is -5.47. The Morgan fingerprint density at radius 1 is 0.607 bits per heavy atom. The van der Waals surface area contributed by atoms with Crippen molar-refractivity contribution < 1.29 is 34.0 Å². The van der Waals surface area contributed by atoms with Gasteiger partial charge in [0.25, 0.3) is 0 Å². The molecule has 61 heavy (non-hydrogen) atoms. The number of benzene rings is 4. The van der Waals surface area contributed by atoms with Gasteiger partial charge in [0.2, 0.25) is 0 Å². The lowest BCUT2D eigenvalue weighted by Crippen LogP contribution is -2.51. The number of ether oxygens (including phenoxy) is 4. The van der Waals surface area contributed by atoms with Crippen LogP contribution in [0, 0.1) is 0 Å². The summed E-state index contributed by atoms with van der Waals surface area (Å²) in [4.78, 5) is 19.7. The van der Waals surface area contributed by atoms with E-state index in [-0.39, 0.29) is 30.0 Å². The van der Waals surface area contributed by atoms with Crippen LogP contribution in [-0.2, 0) is 44.9 Å². The fourth-order valence-corrected chi connectivity index (χ4v) is 9.87. The third-order valence-corrected chi connectivity index (χ3v) is 12.9. The Kier molecular flexibility index (Phi) is 10.7. The van der Waals surface area contributed by atoms with E-state index in [2.05, 4.69) is 36.4 Å². The number of aromatic nitrogens is 4. The summed E-state index contributed by atoms with van der Waals surface area (Å²) < 4.78 is 30.0. The number of urea groups is 1. The summed E-state index contributed by atoms with van der Waals surface area (Å²) in [5.74, 6) is -0.576. The number of rotatable bonds is 10. The van der Waals surface area contributed by atoms with Gasteiger partial charge in [-0.25, -0.2) is 14.2 Å². The highest BCUT2D eigenvalue weighted by atomic mass is 16.8. The van der Waals surface area contributed by atoms with Gasteiger partial charge in [-0.3, -0.25) is 0 Å². The van der Waals surface area contributed by atoms with Crippen LogP contribution in [0.1, 0.15) is 87.1 Å². The van der Waals surface area contributed by atoms with Crippen LogP contribution >= 0.6 is 0 Å². The zero-order chi connectivity index (χ0) is 41.7. The summed E-state index contributed by atoms with van der Waals surface area (Å²) in [6, 6.07) is 26.0. The molecule has 0 bridgehead atoms. The second-order valence-electron chi connectivity index (χ2n) is 17.6. The zero-order valence-electron chi connectivity index (χ0n) is 34.8. The Bertz CT molecular complexity index is 2320. The number of hydrogen-bond donors (Lipinski definition) is 2. The molecule has 2 amide bonds. The molecule has 4 aliphatic heterocycles. The minimum atomic E-state index is -0.934. The Balaban J connectivity index is 1.06. The highest BCUT2D eigenvalue weighted by Crippen LogP contribution is 2.41. The van der Waals surface area contributed by atoms with E-state index >= 15 is 4.79 Å². The standard InChI is InChI=1S/C48H54N6O7/c1-48(2)60-45-41(25-31-9-15-37(55)16-10-31)51(29-33-13-19-39-35(23-33)27-49-53(39)43-7-3-5-21-58-43)47(57)52(42(46(45)61-48)26-32-11-17-38(56)18-12-32)30-34-14-20-40-36(24-34)28-50-54(40)44-8-4-6-22-59-44/h9-20,23-24,27-28,41-46,55-56H,3-8,21-22,25-26,29-30H2,1-2H3/t41-,42-,43?,44?,45+,46+/m1/s1. The van der Waals surface area contributed by atoms with Crippen LogP contribution in [0.4, 0.5) is 4.79 Å². The van der Waals surface area contributed by atoms with Gasteiger partial charge in [-0.2, -0.15) is 10.2 Å². The van der Waals surface area contributed by atoms with Crippen molar-refractivity contribution in [1.82, 2.24) is 29.4 Å². The summed E-state index contributed by atoms with van der Waals surface area (Å²) >= 11 is 0. The summed E-state index contributed by atoms with van der Waals surface area (Å²) in [5.41, 5.74) is 5.85. The van der Waals surface area contributed by atoms with Gasteiger partial charge in [-0.15, -0.1) is 0 Å². The molecule has 2 unspecified atom stereocenters. The number of carbonyl (C=O) groups is 1. The summed E-state index contributed by atoms with van der Waals surface area (Å²) in [5, 5.41) is 31.9. The molecule has 0 aliphatic carbocycles. The molecule has 13 heteroatoms. The minimum Gasteiger partial charge on any atom is -0.508 e. The lowest BCUT2D eigenvalue weighted by atomic mass is 9.90. The van der Waals surface area contributed by atoms with Crippen molar-refractivity contribution in [3.63, 3.8) is 0 Å². The average Bonchev–Trinajstić information content (AvgIpc) is 3.98. The van der Waals surface area contributed by atoms with Gasteiger partial charge in [-0.1, -0.05) is 36.4 Å². The van der Waals surface area contributed by atoms with Crippen molar-refractivity contribution in [1.29, 1.82) is 0 Å². The van der Waals surface area contributed by atoms with Crippen molar-refractivity contribution >= 4 is 27.8 Å². The third-order valence-electron chi connectivity index (χ3n) is 12.9. The SMILES string of the molecule is CC1(C)O[C@@H]2[C@@H](O1)[C@@H](Cc1ccc(O)cc1)N(Cc1ccc3c(cnn3C3CCCCO3)c1)C(=O)N(Cc1ccc3c(cnn3C3CCCCO3)c1)[C@@H]2Cc1ccc(O)cc1. The normalized spacial score (nSPS) is 25.6. The van der Waals surface area contributed by atoms with Crippen LogP contribution in [-0.4, -0.2) is 88.9 Å². The number of aromatic hydroxyl groups is 2. The molecule has 4 saturated heterocycles. The first-order chi connectivity index (χ1) is 29.7. The van der Waals surface area contributed by atoms with Crippen molar-refractivity contribution in [3.8, 4) is 11.5 Å². The van der Waals surface area contributed by atoms with E-state index in [9.17, 15) is 10.2 Å². The first kappa shape index (κ1) is 39.7. The van der Waals surface area contributed by atoms with Crippen LogP contribution in [0.2, 0.25) is 0 Å². The third kappa shape index (κ3) is 8.07. The molecule has 10 rings (SSSR count).